The number of carbonyl (C=O) groups is 1. The van der Waals surface area contributed by atoms with Crippen molar-refractivity contribution in [1.82, 2.24) is 14.8 Å². The third kappa shape index (κ3) is 3.30. The van der Waals surface area contributed by atoms with Crippen LogP contribution in [0, 0.1) is 6.92 Å². The summed E-state index contributed by atoms with van der Waals surface area (Å²) in [6.45, 7) is 2.03. The van der Waals surface area contributed by atoms with Gasteiger partial charge in [0.25, 0.3) is 5.91 Å². The van der Waals surface area contributed by atoms with Crippen molar-refractivity contribution in [2.75, 3.05) is 14.2 Å². The summed E-state index contributed by atoms with van der Waals surface area (Å²) in [4.78, 5) is 17.2. The van der Waals surface area contributed by atoms with Gasteiger partial charge in [0.1, 0.15) is 0 Å². The lowest BCUT2D eigenvalue weighted by molar-refractivity contribution is 0.0868. The maximum atomic E-state index is 12.6. The third-order valence-corrected chi connectivity index (χ3v) is 5.71. The van der Waals surface area contributed by atoms with E-state index in [1.54, 1.807) is 14.2 Å². The maximum Gasteiger partial charge on any atom is 0.250 e. The van der Waals surface area contributed by atoms with Crippen LogP contribution in [0.3, 0.4) is 0 Å². The summed E-state index contributed by atoms with van der Waals surface area (Å²) in [6, 6.07) is 13.7. The van der Waals surface area contributed by atoms with Gasteiger partial charge in [0, 0.05) is 17.2 Å². The minimum Gasteiger partial charge on any atom is -0.493 e. The quantitative estimate of drug-likeness (QED) is 0.676. The first-order valence-corrected chi connectivity index (χ1v) is 9.43. The fraction of sp³-hybridized carbons (Fsp3) is 0.250. The molecule has 7 heteroatoms. The minimum absolute atomic E-state index is 0.0418. The molecule has 27 heavy (non-hydrogen) atoms. The van der Waals surface area contributed by atoms with Crippen molar-refractivity contribution in [2.24, 2.45) is 0 Å². The summed E-state index contributed by atoms with van der Waals surface area (Å²) in [5.74, 6) is 1.82. The summed E-state index contributed by atoms with van der Waals surface area (Å²) in [5, 5.41) is 4.98. The van der Waals surface area contributed by atoms with Crippen LogP contribution in [0.2, 0.25) is 0 Å². The molecule has 0 unspecified atom stereocenters. The molecule has 2 aromatic carbocycles. The molecular weight excluding hydrogens is 362 g/mol. The molecule has 0 saturated heterocycles. The Kier molecular flexibility index (Phi) is 4.61. The highest BCUT2D eigenvalue weighted by Gasteiger charge is 2.30. The molecule has 4 rings (SSSR count). The van der Waals surface area contributed by atoms with Gasteiger partial charge < -0.3 is 9.47 Å². The molecule has 1 atom stereocenters. The van der Waals surface area contributed by atoms with Gasteiger partial charge in [-0.05, 0) is 24.6 Å². The number of hydrogen-bond donors (Lipinski definition) is 0. The van der Waals surface area contributed by atoms with E-state index in [2.05, 4.69) is 10.1 Å². The van der Waals surface area contributed by atoms with Crippen LogP contribution in [0.25, 0.3) is 11.4 Å². The van der Waals surface area contributed by atoms with E-state index in [4.69, 9.17) is 9.47 Å². The van der Waals surface area contributed by atoms with Crippen LogP contribution < -0.4 is 9.47 Å². The Morgan fingerprint density at radius 2 is 1.81 bits per heavy atom. The number of carbonyl (C=O) groups excluding carboxylic acids is 1. The second-order valence-corrected chi connectivity index (χ2v) is 7.48. The third-order valence-electron chi connectivity index (χ3n) is 4.51. The summed E-state index contributed by atoms with van der Waals surface area (Å²) < 4.78 is 12.1. The number of rotatable bonds is 4. The van der Waals surface area contributed by atoms with Gasteiger partial charge in [-0.15, -0.1) is 5.10 Å². The Balaban J connectivity index is 1.65. The smallest absolute Gasteiger partial charge is 0.250 e. The van der Waals surface area contributed by atoms with Gasteiger partial charge in [-0.25, -0.2) is 4.98 Å². The highest BCUT2D eigenvalue weighted by molar-refractivity contribution is 7.99. The number of fused-ring (bicyclic) bond motifs is 1. The van der Waals surface area contributed by atoms with Crippen molar-refractivity contribution in [1.29, 1.82) is 0 Å². The number of benzene rings is 2. The summed E-state index contributed by atoms with van der Waals surface area (Å²) >= 11 is 1.54. The molecule has 0 N–H and O–H groups in total. The van der Waals surface area contributed by atoms with Gasteiger partial charge in [0.05, 0.1) is 14.2 Å². The Labute approximate surface area is 161 Å². The summed E-state index contributed by atoms with van der Waals surface area (Å²) in [5.41, 5.74) is 3.07. The van der Waals surface area contributed by atoms with Crippen LogP contribution in [0.1, 0.15) is 27.6 Å². The van der Waals surface area contributed by atoms with E-state index in [9.17, 15) is 4.79 Å². The van der Waals surface area contributed by atoms with Crippen molar-refractivity contribution >= 4 is 17.7 Å². The zero-order chi connectivity index (χ0) is 19.0. The zero-order valence-electron chi connectivity index (χ0n) is 15.3. The van der Waals surface area contributed by atoms with E-state index in [0.717, 1.165) is 11.1 Å². The Morgan fingerprint density at radius 1 is 1.07 bits per heavy atom. The number of aromatic nitrogens is 3. The van der Waals surface area contributed by atoms with Crippen molar-refractivity contribution < 1.29 is 14.3 Å². The molecule has 1 aromatic heterocycles. The monoisotopic (exact) mass is 381 g/mol. The van der Waals surface area contributed by atoms with Crippen LogP contribution in [0.4, 0.5) is 0 Å². The van der Waals surface area contributed by atoms with E-state index in [1.807, 2.05) is 49.4 Å². The average molecular weight is 381 g/mol. The molecule has 0 aliphatic carbocycles. The lowest BCUT2D eigenvalue weighted by atomic mass is 10.1. The molecule has 3 aromatic rings. The van der Waals surface area contributed by atoms with E-state index < -0.39 is 0 Å². The maximum absolute atomic E-state index is 12.6. The largest absolute Gasteiger partial charge is 0.493 e. The zero-order valence-corrected chi connectivity index (χ0v) is 16.1. The SMILES string of the molecule is COc1ccc([C@H]2CC(=O)n3nc(-c4ccc(C)cc4)nc3S2)cc1OC. The standard InChI is InChI=1S/C20H19N3O3S/c1-12-4-6-13(7-5-12)19-21-20-23(22-19)18(24)11-17(27-20)14-8-9-15(25-2)16(10-14)26-3/h4-10,17H,11H2,1-3H3/t17-/m1/s1. The molecular formula is C20H19N3O3S. The number of ether oxygens (including phenoxy) is 2. The van der Waals surface area contributed by atoms with E-state index in [-0.39, 0.29) is 11.2 Å². The minimum atomic E-state index is -0.0607. The number of methoxy groups -OCH3 is 2. The highest BCUT2D eigenvalue weighted by Crippen LogP contribution is 2.43. The van der Waals surface area contributed by atoms with Crippen LogP contribution in [0.5, 0.6) is 11.5 Å². The van der Waals surface area contributed by atoms with Gasteiger partial charge in [0.2, 0.25) is 0 Å². The molecule has 0 radical (unpaired) electrons. The fourth-order valence-corrected chi connectivity index (χ4v) is 4.16. The average Bonchev–Trinajstić information content (AvgIpc) is 3.12. The van der Waals surface area contributed by atoms with Gasteiger partial charge in [-0.1, -0.05) is 47.7 Å². The van der Waals surface area contributed by atoms with Crippen LogP contribution in [0.15, 0.2) is 47.6 Å². The van der Waals surface area contributed by atoms with E-state index >= 15 is 0 Å². The van der Waals surface area contributed by atoms with Crippen molar-refractivity contribution in [2.45, 2.75) is 23.8 Å². The van der Waals surface area contributed by atoms with Crippen molar-refractivity contribution in [3.05, 3.63) is 53.6 Å². The van der Waals surface area contributed by atoms with Crippen molar-refractivity contribution in [3.8, 4) is 22.9 Å². The van der Waals surface area contributed by atoms with Crippen LogP contribution >= 0.6 is 11.8 Å². The molecule has 0 bridgehead atoms. The van der Waals surface area contributed by atoms with E-state index in [0.29, 0.717) is 28.9 Å². The molecule has 2 heterocycles. The normalized spacial score (nSPS) is 16.1. The number of thioether (sulfide) groups is 1. The lowest BCUT2D eigenvalue weighted by Crippen LogP contribution is -2.21. The lowest BCUT2D eigenvalue weighted by Gasteiger charge is -2.21. The Morgan fingerprint density at radius 3 is 2.52 bits per heavy atom. The molecule has 0 amide bonds. The molecule has 0 spiro atoms. The van der Waals surface area contributed by atoms with Crippen LogP contribution in [-0.2, 0) is 0 Å². The number of nitrogens with zero attached hydrogens (tertiary/aromatic N) is 3. The molecule has 1 aliphatic heterocycles. The molecule has 138 valence electrons. The highest BCUT2D eigenvalue weighted by atomic mass is 32.2. The van der Waals surface area contributed by atoms with Crippen molar-refractivity contribution in [3.63, 3.8) is 0 Å². The number of aryl methyl sites for hydroxylation is 1. The van der Waals surface area contributed by atoms with Gasteiger partial charge >= 0.3 is 0 Å². The summed E-state index contributed by atoms with van der Waals surface area (Å²) in [7, 11) is 3.21. The topological polar surface area (TPSA) is 66.2 Å². The van der Waals surface area contributed by atoms with Gasteiger partial charge in [0.15, 0.2) is 22.5 Å². The van der Waals surface area contributed by atoms with Gasteiger partial charge in [-0.3, -0.25) is 4.79 Å². The van der Waals surface area contributed by atoms with E-state index in [1.165, 1.54) is 22.0 Å². The number of hydrogen-bond acceptors (Lipinski definition) is 6. The van der Waals surface area contributed by atoms with Crippen LogP contribution in [-0.4, -0.2) is 34.9 Å². The second kappa shape index (κ2) is 7.08. The Bertz CT molecular complexity index is 998. The molecule has 6 nitrogen and oxygen atoms in total. The Hall–Kier alpha value is -2.80. The molecule has 1 aliphatic rings. The predicted octanol–water partition coefficient (Wildman–Crippen LogP) is 4.15. The van der Waals surface area contributed by atoms with Gasteiger partial charge in [-0.2, -0.15) is 4.68 Å². The predicted molar refractivity (Wildman–Crippen MR) is 104 cm³/mol. The second-order valence-electron chi connectivity index (χ2n) is 6.31. The summed E-state index contributed by atoms with van der Waals surface area (Å²) in [6.07, 6.45) is 0.351. The molecule has 0 fully saturated rings. The first-order valence-electron chi connectivity index (χ1n) is 8.55. The molecule has 0 saturated carbocycles. The fourth-order valence-electron chi connectivity index (χ4n) is 3.01. The first kappa shape index (κ1) is 17.6. The first-order chi connectivity index (χ1) is 13.1.